The van der Waals surface area contributed by atoms with Crippen molar-refractivity contribution < 1.29 is 0 Å². The lowest BCUT2D eigenvalue weighted by Crippen LogP contribution is -1.83. The third-order valence-corrected chi connectivity index (χ3v) is 4.48. The maximum absolute atomic E-state index is 5.71. The molecule has 1 aromatic carbocycles. The molecule has 2 aromatic rings. The maximum Gasteiger partial charge on any atom is 0.0488 e. The highest BCUT2D eigenvalue weighted by molar-refractivity contribution is 14.1. The Bertz CT molecular complexity index is 436. The predicted molar refractivity (Wildman–Crippen MR) is 66.2 cm³/mol. The van der Waals surface area contributed by atoms with Crippen molar-refractivity contribution in [2.75, 3.05) is 5.73 Å². The first-order chi connectivity index (χ1) is 5.68. The van der Waals surface area contributed by atoms with Gasteiger partial charge in [-0.05, 0) is 34.7 Å². The fourth-order valence-electron chi connectivity index (χ4n) is 1.11. The lowest BCUT2D eigenvalue weighted by molar-refractivity contribution is 1.59. The number of halogens is 1. The number of nitrogen functional groups attached to an aromatic ring is 1. The molecule has 0 fully saturated rings. The van der Waals surface area contributed by atoms with Gasteiger partial charge in [-0.1, -0.05) is 0 Å². The van der Waals surface area contributed by atoms with Crippen LogP contribution in [0.3, 0.4) is 0 Å². The van der Waals surface area contributed by atoms with Crippen molar-refractivity contribution in [3.8, 4) is 0 Å². The van der Waals surface area contributed by atoms with E-state index in [1.807, 2.05) is 12.1 Å². The van der Waals surface area contributed by atoms with Crippen LogP contribution in [0.1, 0.15) is 0 Å². The molecule has 1 nitrogen and oxygen atoms in total. The zero-order chi connectivity index (χ0) is 8.72. The average Bonchev–Trinajstić information content (AvgIpc) is 2.33. The van der Waals surface area contributed by atoms with Gasteiger partial charge in [0.05, 0.1) is 0 Å². The number of hydrogen-bond donors (Lipinski definition) is 2. The van der Waals surface area contributed by atoms with Gasteiger partial charge in [0.15, 0.2) is 0 Å². The molecule has 1 heterocycles. The van der Waals surface area contributed by atoms with Gasteiger partial charge in [-0.2, -0.15) is 0 Å². The summed E-state index contributed by atoms with van der Waals surface area (Å²) in [5.41, 5.74) is 6.49. The predicted octanol–water partition coefficient (Wildman–Crippen LogP) is 3.38. The molecule has 0 unspecified atom stereocenters. The Kier molecular flexibility index (Phi) is 2.22. The van der Waals surface area contributed by atoms with Gasteiger partial charge in [-0.15, -0.1) is 24.0 Å². The quantitative estimate of drug-likeness (QED) is 0.435. The first-order valence-corrected chi connectivity index (χ1v) is 5.74. The van der Waals surface area contributed by atoms with Gasteiger partial charge in [0.1, 0.15) is 0 Å². The van der Waals surface area contributed by atoms with Crippen molar-refractivity contribution in [2.24, 2.45) is 0 Å². The molecular weight excluding hydrogens is 301 g/mol. The van der Waals surface area contributed by atoms with Crippen molar-refractivity contribution in [2.45, 2.75) is 4.90 Å². The number of nitrogens with two attached hydrogens (primary N) is 1. The molecular formula is C8H6INS2. The largest absolute Gasteiger partial charge is 0.399 e. The normalized spacial score (nSPS) is 10.8. The molecule has 0 aliphatic carbocycles. The molecule has 0 aliphatic rings. The molecule has 0 amide bonds. The SMILES string of the molecule is Nc1cc(S)c2scc(I)c2c1. The number of rotatable bonds is 0. The maximum atomic E-state index is 5.71. The van der Waals surface area contributed by atoms with Crippen molar-refractivity contribution in [3.63, 3.8) is 0 Å². The molecule has 0 aliphatic heterocycles. The second-order valence-corrected chi connectivity index (χ2v) is 5.02. The molecule has 0 saturated heterocycles. The lowest BCUT2D eigenvalue weighted by Gasteiger charge is -1.97. The van der Waals surface area contributed by atoms with Crippen LogP contribution in [0.15, 0.2) is 22.4 Å². The first kappa shape index (κ1) is 8.65. The van der Waals surface area contributed by atoms with E-state index < -0.39 is 0 Å². The minimum Gasteiger partial charge on any atom is -0.399 e. The lowest BCUT2D eigenvalue weighted by atomic mass is 10.2. The third-order valence-electron chi connectivity index (χ3n) is 1.63. The minimum atomic E-state index is 0.781. The molecule has 0 radical (unpaired) electrons. The van der Waals surface area contributed by atoms with Gasteiger partial charge in [0, 0.05) is 29.6 Å². The first-order valence-electron chi connectivity index (χ1n) is 3.33. The summed E-state index contributed by atoms with van der Waals surface area (Å²) in [5.74, 6) is 0. The average molecular weight is 307 g/mol. The summed E-state index contributed by atoms with van der Waals surface area (Å²) in [5, 5.41) is 3.33. The van der Waals surface area contributed by atoms with E-state index in [2.05, 4.69) is 40.6 Å². The van der Waals surface area contributed by atoms with E-state index in [0.29, 0.717) is 0 Å². The standard InChI is InChI=1S/C8H6INS2/c9-6-3-12-8-5(6)1-4(10)2-7(8)11/h1-3,11H,10H2. The van der Waals surface area contributed by atoms with Gasteiger partial charge in [-0.3, -0.25) is 0 Å². The number of thiophene rings is 1. The van der Waals surface area contributed by atoms with Gasteiger partial charge >= 0.3 is 0 Å². The summed E-state index contributed by atoms with van der Waals surface area (Å²) in [6.45, 7) is 0. The Hall–Kier alpha value is 0.0600. The smallest absolute Gasteiger partial charge is 0.0488 e. The van der Waals surface area contributed by atoms with E-state index in [9.17, 15) is 0 Å². The van der Waals surface area contributed by atoms with E-state index in [-0.39, 0.29) is 0 Å². The fraction of sp³-hybridized carbons (Fsp3) is 0. The molecule has 0 spiro atoms. The highest BCUT2D eigenvalue weighted by Crippen LogP contribution is 2.33. The molecule has 0 atom stereocenters. The van der Waals surface area contributed by atoms with Crippen LogP contribution in [0.2, 0.25) is 0 Å². The van der Waals surface area contributed by atoms with Crippen LogP contribution in [0, 0.1) is 3.57 Å². The van der Waals surface area contributed by atoms with E-state index in [0.717, 1.165) is 10.6 Å². The van der Waals surface area contributed by atoms with Gasteiger partial charge < -0.3 is 5.73 Å². The summed E-state index contributed by atoms with van der Waals surface area (Å²) in [4.78, 5) is 0.970. The fourth-order valence-corrected chi connectivity index (χ4v) is 3.35. The molecule has 12 heavy (non-hydrogen) atoms. The van der Waals surface area contributed by atoms with Crippen LogP contribution in [-0.4, -0.2) is 0 Å². The Balaban J connectivity index is 2.92. The summed E-state index contributed by atoms with van der Waals surface area (Å²) >= 11 is 8.38. The molecule has 1 aromatic heterocycles. The Morgan fingerprint density at radius 3 is 2.92 bits per heavy atom. The Morgan fingerprint density at radius 1 is 1.42 bits per heavy atom. The van der Waals surface area contributed by atoms with Gasteiger partial charge in [-0.25, -0.2) is 0 Å². The van der Waals surface area contributed by atoms with E-state index in [1.54, 1.807) is 11.3 Å². The Labute approximate surface area is 93.5 Å². The second kappa shape index (κ2) is 3.08. The number of fused-ring (bicyclic) bond motifs is 1. The van der Waals surface area contributed by atoms with Crippen LogP contribution in [-0.2, 0) is 0 Å². The minimum absolute atomic E-state index is 0.781. The van der Waals surface area contributed by atoms with Crippen LogP contribution in [0.5, 0.6) is 0 Å². The third kappa shape index (κ3) is 1.31. The molecule has 4 heteroatoms. The summed E-state index contributed by atoms with van der Waals surface area (Å²) < 4.78 is 2.46. The Morgan fingerprint density at radius 2 is 2.17 bits per heavy atom. The van der Waals surface area contributed by atoms with Gasteiger partial charge in [0.25, 0.3) is 0 Å². The number of anilines is 1. The van der Waals surface area contributed by atoms with Crippen LogP contribution in [0.4, 0.5) is 5.69 Å². The molecule has 2 N–H and O–H groups in total. The van der Waals surface area contributed by atoms with Gasteiger partial charge in [0.2, 0.25) is 0 Å². The summed E-state index contributed by atoms with van der Waals surface area (Å²) in [6.07, 6.45) is 0. The van der Waals surface area contributed by atoms with Crippen LogP contribution in [0.25, 0.3) is 10.1 Å². The van der Waals surface area contributed by atoms with Crippen LogP contribution >= 0.6 is 46.6 Å². The zero-order valence-corrected chi connectivity index (χ0v) is 9.91. The van der Waals surface area contributed by atoms with Crippen molar-refractivity contribution >= 4 is 62.3 Å². The van der Waals surface area contributed by atoms with Crippen molar-refractivity contribution in [1.29, 1.82) is 0 Å². The number of benzene rings is 1. The topological polar surface area (TPSA) is 26.0 Å². The molecule has 2 rings (SSSR count). The summed E-state index contributed by atoms with van der Waals surface area (Å²) in [7, 11) is 0. The van der Waals surface area contributed by atoms with E-state index in [1.165, 1.54) is 13.7 Å². The number of thiol groups is 1. The summed E-state index contributed by atoms with van der Waals surface area (Å²) in [6, 6.07) is 3.88. The van der Waals surface area contributed by atoms with E-state index in [4.69, 9.17) is 5.73 Å². The van der Waals surface area contributed by atoms with Crippen molar-refractivity contribution in [3.05, 3.63) is 21.1 Å². The monoisotopic (exact) mass is 307 g/mol. The number of hydrogen-bond acceptors (Lipinski definition) is 3. The van der Waals surface area contributed by atoms with E-state index >= 15 is 0 Å². The molecule has 0 saturated carbocycles. The highest BCUT2D eigenvalue weighted by Gasteiger charge is 2.04. The second-order valence-electron chi connectivity index (χ2n) is 2.50. The molecule has 0 bridgehead atoms. The highest BCUT2D eigenvalue weighted by atomic mass is 127. The van der Waals surface area contributed by atoms with Crippen LogP contribution < -0.4 is 5.73 Å². The molecule has 62 valence electrons. The zero-order valence-electron chi connectivity index (χ0n) is 6.04. The van der Waals surface area contributed by atoms with Crippen molar-refractivity contribution in [1.82, 2.24) is 0 Å².